The average molecular weight is 286 g/mol. The lowest BCUT2D eigenvalue weighted by atomic mass is 10.00. The topological polar surface area (TPSA) is 24.5 Å². The molecule has 1 N–H and O–H groups in total. The second-order valence-electron chi connectivity index (χ2n) is 5.20. The molecular weight excluding hydrogens is 269 g/mol. The Hall–Kier alpha value is -1.27. The Morgan fingerprint density at radius 2 is 1.95 bits per heavy atom. The largest absolute Gasteiger partial charge is 0.493 e. The van der Waals surface area contributed by atoms with Crippen molar-refractivity contribution in [3.05, 3.63) is 29.3 Å². The molecule has 1 saturated heterocycles. The third kappa shape index (κ3) is 2.62. The lowest BCUT2D eigenvalue weighted by Gasteiger charge is -2.36. The summed E-state index contributed by atoms with van der Waals surface area (Å²) in [7, 11) is 0. The maximum Gasteiger partial charge on any atom is 0.408 e. The first-order valence-electron chi connectivity index (χ1n) is 6.83. The fourth-order valence-electron chi connectivity index (χ4n) is 2.92. The van der Waals surface area contributed by atoms with Crippen molar-refractivity contribution in [2.75, 3.05) is 32.8 Å². The predicted molar refractivity (Wildman–Crippen MR) is 68.9 cm³/mol. The number of fused-ring (bicyclic) bond motifs is 1. The van der Waals surface area contributed by atoms with Crippen molar-refractivity contribution in [3.8, 4) is 5.75 Å². The molecule has 0 saturated carbocycles. The number of nitrogens with zero attached hydrogens (tertiary/aromatic N) is 1. The van der Waals surface area contributed by atoms with Gasteiger partial charge in [0.25, 0.3) is 0 Å². The third-order valence-corrected chi connectivity index (χ3v) is 3.86. The average Bonchev–Trinajstić information content (AvgIpc) is 2.86. The molecule has 1 fully saturated rings. The van der Waals surface area contributed by atoms with Crippen LogP contribution in [0.4, 0.5) is 13.2 Å². The van der Waals surface area contributed by atoms with E-state index in [4.69, 9.17) is 4.74 Å². The Morgan fingerprint density at radius 3 is 2.65 bits per heavy atom. The van der Waals surface area contributed by atoms with E-state index in [0.717, 1.165) is 11.3 Å². The zero-order chi connectivity index (χ0) is 14.2. The molecule has 0 unspecified atom stereocenters. The van der Waals surface area contributed by atoms with E-state index in [1.54, 1.807) is 18.2 Å². The van der Waals surface area contributed by atoms with Gasteiger partial charge >= 0.3 is 6.18 Å². The van der Waals surface area contributed by atoms with Gasteiger partial charge in [0.2, 0.25) is 0 Å². The number of hydrogen-bond donors (Lipinski definition) is 1. The molecule has 1 atom stereocenters. The van der Waals surface area contributed by atoms with Crippen LogP contribution in [0.15, 0.2) is 18.2 Å². The zero-order valence-corrected chi connectivity index (χ0v) is 11.0. The Balaban J connectivity index is 1.92. The minimum Gasteiger partial charge on any atom is -0.493 e. The molecule has 2 aliphatic rings. The normalized spacial score (nSPS) is 21.4. The van der Waals surface area contributed by atoms with Gasteiger partial charge in [0, 0.05) is 32.6 Å². The van der Waals surface area contributed by atoms with Crippen molar-refractivity contribution in [1.29, 1.82) is 0 Å². The molecule has 3 nitrogen and oxygen atoms in total. The van der Waals surface area contributed by atoms with Gasteiger partial charge in [0.1, 0.15) is 11.8 Å². The molecular formula is C14H17F3N2O. The zero-order valence-electron chi connectivity index (χ0n) is 11.0. The van der Waals surface area contributed by atoms with Crippen LogP contribution in [0.5, 0.6) is 5.75 Å². The second-order valence-corrected chi connectivity index (χ2v) is 5.20. The highest BCUT2D eigenvalue weighted by Crippen LogP contribution is 2.39. The molecule has 0 aliphatic carbocycles. The van der Waals surface area contributed by atoms with Gasteiger partial charge in [0.05, 0.1) is 6.61 Å². The van der Waals surface area contributed by atoms with Crippen molar-refractivity contribution in [3.63, 3.8) is 0 Å². The maximum absolute atomic E-state index is 13.4. The van der Waals surface area contributed by atoms with Crippen molar-refractivity contribution in [2.24, 2.45) is 0 Å². The minimum atomic E-state index is -4.26. The Bertz CT molecular complexity index is 484. The molecule has 3 rings (SSSR count). The minimum absolute atomic E-state index is 0.323. The SMILES string of the molecule is FC(F)(F)[C@H](c1ccc2c(c1)CCO2)N1CCNCC1. The van der Waals surface area contributed by atoms with E-state index in [2.05, 4.69) is 5.32 Å². The number of benzene rings is 1. The number of alkyl halides is 3. The summed E-state index contributed by atoms with van der Waals surface area (Å²) in [5.41, 5.74) is 1.20. The summed E-state index contributed by atoms with van der Waals surface area (Å²) >= 11 is 0. The molecule has 2 heterocycles. The highest BCUT2D eigenvalue weighted by molar-refractivity contribution is 5.41. The number of nitrogens with one attached hydrogen (secondary N) is 1. The van der Waals surface area contributed by atoms with Crippen molar-refractivity contribution < 1.29 is 17.9 Å². The first-order chi connectivity index (χ1) is 9.55. The molecule has 1 aromatic carbocycles. The van der Waals surface area contributed by atoms with Crippen LogP contribution >= 0.6 is 0 Å². The van der Waals surface area contributed by atoms with Crippen LogP contribution in [0.2, 0.25) is 0 Å². The van der Waals surface area contributed by atoms with Gasteiger partial charge in [-0.15, -0.1) is 0 Å². The smallest absolute Gasteiger partial charge is 0.408 e. The summed E-state index contributed by atoms with van der Waals surface area (Å²) in [6.45, 7) is 2.58. The summed E-state index contributed by atoms with van der Waals surface area (Å²) in [6, 6.07) is 3.35. The monoisotopic (exact) mass is 286 g/mol. The number of piperazine rings is 1. The van der Waals surface area contributed by atoms with Gasteiger partial charge in [-0.1, -0.05) is 12.1 Å². The van der Waals surface area contributed by atoms with Crippen LogP contribution in [0, 0.1) is 0 Å². The second kappa shape index (κ2) is 5.26. The van der Waals surface area contributed by atoms with Crippen LogP contribution in [0.1, 0.15) is 17.2 Å². The summed E-state index contributed by atoms with van der Waals surface area (Å²) in [5, 5.41) is 3.09. The molecule has 1 aromatic rings. The lowest BCUT2D eigenvalue weighted by molar-refractivity contribution is -0.187. The maximum atomic E-state index is 13.4. The Morgan fingerprint density at radius 1 is 1.20 bits per heavy atom. The van der Waals surface area contributed by atoms with Gasteiger partial charge in [-0.25, -0.2) is 0 Å². The summed E-state index contributed by atoms with van der Waals surface area (Å²) in [5.74, 6) is 0.718. The summed E-state index contributed by atoms with van der Waals surface area (Å²) < 4.78 is 45.7. The van der Waals surface area contributed by atoms with Gasteiger partial charge in [0.15, 0.2) is 0 Å². The first kappa shape index (κ1) is 13.7. The van der Waals surface area contributed by atoms with E-state index in [1.165, 1.54) is 4.90 Å². The fourth-order valence-corrected chi connectivity index (χ4v) is 2.92. The lowest BCUT2D eigenvalue weighted by Crippen LogP contribution is -2.49. The molecule has 0 bridgehead atoms. The first-order valence-corrected chi connectivity index (χ1v) is 6.83. The molecule has 110 valence electrons. The number of hydrogen-bond acceptors (Lipinski definition) is 3. The van der Waals surface area contributed by atoms with Gasteiger partial charge in [-0.05, 0) is 17.2 Å². The van der Waals surface area contributed by atoms with E-state index >= 15 is 0 Å². The molecule has 0 spiro atoms. The quantitative estimate of drug-likeness (QED) is 0.901. The fraction of sp³-hybridized carbons (Fsp3) is 0.571. The molecule has 6 heteroatoms. The van der Waals surface area contributed by atoms with Gasteiger partial charge < -0.3 is 10.1 Å². The van der Waals surface area contributed by atoms with Gasteiger partial charge in [-0.2, -0.15) is 13.2 Å². The highest BCUT2D eigenvalue weighted by atomic mass is 19.4. The molecule has 0 radical (unpaired) electrons. The molecule has 0 aromatic heterocycles. The van der Waals surface area contributed by atoms with E-state index < -0.39 is 12.2 Å². The standard InChI is InChI=1S/C14H17F3N2O/c15-14(16,17)13(19-6-4-18-5-7-19)11-1-2-12-10(9-11)3-8-20-12/h1-2,9,13,18H,3-8H2/t13-/m0/s1. The van der Waals surface area contributed by atoms with Crippen molar-refractivity contribution in [1.82, 2.24) is 10.2 Å². The molecule has 20 heavy (non-hydrogen) atoms. The predicted octanol–water partition coefficient (Wildman–Crippen LogP) is 2.13. The molecule has 2 aliphatic heterocycles. The van der Waals surface area contributed by atoms with E-state index in [1.807, 2.05) is 0 Å². The van der Waals surface area contributed by atoms with Crippen LogP contribution in [-0.4, -0.2) is 43.9 Å². The van der Waals surface area contributed by atoms with Crippen molar-refractivity contribution >= 4 is 0 Å². The number of rotatable bonds is 2. The summed E-state index contributed by atoms with van der Waals surface area (Å²) in [4.78, 5) is 1.51. The molecule has 0 amide bonds. The van der Waals surface area contributed by atoms with E-state index in [0.29, 0.717) is 44.8 Å². The van der Waals surface area contributed by atoms with Gasteiger partial charge in [-0.3, -0.25) is 4.90 Å². The Kier molecular flexibility index (Phi) is 3.60. The van der Waals surface area contributed by atoms with Crippen LogP contribution in [0.25, 0.3) is 0 Å². The van der Waals surface area contributed by atoms with Crippen LogP contribution in [0.3, 0.4) is 0 Å². The summed E-state index contributed by atoms with van der Waals surface area (Å²) in [6.07, 6.45) is -3.57. The Labute approximate surface area is 115 Å². The van der Waals surface area contributed by atoms with Crippen molar-refractivity contribution in [2.45, 2.75) is 18.6 Å². The third-order valence-electron chi connectivity index (χ3n) is 3.86. The number of halogens is 3. The van der Waals surface area contributed by atoms with Crippen LogP contribution in [-0.2, 0) is 6.42 Å². The number of ether oxygens (including phenoxy) is 1. The van der Waals surface area contributed by atoms with E-state index in [9.17, 15) is 13.2 Å². The van der Waals surface area contributed by atoms with Crippen LogP contribution < -0.4 is 10.1 Å². The van der Waals surface area contributed by atoms with E-state index in [-0.39, 0.29) is 0 Å². The highest BCUT2D eigenvalue weighted by Gasteiger charge is 2.45.